The maximum absolute atomic E-state index is 12.3. The highest BCUT2D eigenvalue weighted by Gasteiger charge is 2.26. The van der Waals surface area contributed by atoms with E-state index in [1.807, 2.05) is 13.2 Å². The van der Waals surface area contributed by atoms with E-state index in [1.54, 1.807) is 11.0 Å². The second-order valence-electron chi connectivity index (χ2n) is 6.94. The number of fused-ring (bicyclic) bond motifs is 1. The average Bonchev–Trinajstić information content (AvgIpc) is 2.96. The van der Waals surface area contributed by atoms with Crippen LogP contribution in [0, 0.1) is 11.8 Å². The largest absolute Gasteiger partial charge is 0.356 e. The molecule has 24 heavy (non-hydrogen) atoms. The van der Waals surface area contributed by atoms with Gasteiger partial charge in [-0.2, -0.15) is 5.10 Å². The lowest BCUT2D eigenvalue weighted by Crippen LogP contribution is -2.41. The van der Waals surface area contributed by atoms with E-state index in [9.17, 15) is 4.79 Å². The van der Waals surface area contributed by atoms with Gasteiger partial charge >= 0.3 is 0 Å². The van der Waals surface area contributed by atoms with Gasteiger partial charge in [0.2, 0.25) is 5.91 Å². The number of anilines is 1. The first kappa shape index (κ1) is 16.7. The highest BCUT2D eigenvalue weighted by molar-refractivity contribution is 5.87. The van der Waals surface area contributed by atoms with E-state index < -0.39 is 0 Å². The molecule has 7 heteroatoms. The van der Waals surface area contributed by atoms with Gasteiger partial charge in [-0.05, 0) is 25.2 Å². The van der Waals surface area contributed by atoms with Crippen LogP contribution < -0.4 is 10.2 Å². The molecule has 3 rings (SSSR count). The van der Waals surface area contributed by atoms with Gasteiger partial charge in [-0.3, -0.25) is 9.48 Å². The highest BCUT2D eigenvalue weighted by atomic mass is 16.1. The topological polar surface area (TPSA) is 75.9 Å². The minimum Gasteiger partial charge on any atom is -0.356 e. The average molecular weight is 330 g/mol. The number of rotatable bonds is 5. The number of carbonyl (C=O) groups excluding carboxylic acids is 1. The molecule has 2 aromatic heterocycles. The molecule has 0 saturated carbocycles. The van der Waals surface area contributed by atoms with Gasteiger partial charge in [0.15, 0.2) is 5.65 Å². The predicted octanol–water partition coefficient (Wildman–Crippen LogP) is 1.74. The summed E-state index contributed by atoms with van der Waals surface area (Å²) < 4.78 is 1.76. The Hall–Kier alpha value is -2.18. The smallest absolute Gasteiger partial charge is 0.223 e. The third-order valence-electron chi connectivity index (χ3n) is 4.69. The van der Waals surface area contributed by atoms with Crippen molar-refractivity contribution >= 4 is 22.8 Å². The molecule has 0 bridgehead atoms. The minimum atomic E-state index is 0.111. The Bertz CT molecular complexity index is 702. The normalized spacial score (nSPS) is 16.1. The number of hydrogen-bond acceptors (Lipinski definition) is 5. The molecule has 0 atom stereocenters. The lowest BCUT2D eigenvalue weighted by molar-refractivity contribution is -0.125. The molecule has 130 valence electrons. The number of aryl methyl sites for hydroxylation is 1. The summed E-state index contributed by atoms with van der Waals surface area (Å²) in [6.07, 6.45) is 6.16. The SMILES string of the molecule is CC(C)CCNC(=O)C1CCN(c2ncnc3c2cnn3C)CC1. The van der Waals surface area contributed by atoms with Crippen molar-refractivity contribution in [2.24, 2.45) is 18.9 Å². The highest BCUT2D eigenvalue weighted by Crippen LogP contribution is 2.27. The molecule has 1 saturated heterocycles. The van der Waals surface area contributed by atoms with Crippen LogP contribution in [0.15, 0.2) is 12.5 Å². The van der Waals surface area contributed by atoms with E-state index in [0.717, 1.165) is 55.7 Å². The minimum absolute atomic E-state index is 0.111. The summed E-state index contributed by atoms with van der Waals surface area (Å²) in [5, 5.41) is 8.31. The van der Waals surface area contributed by atoms with Gasteiger partial charge in [0.05, 0.1) is 11.6 Å². The Morgan fingerprint density at radius 2 is 2.08 bits per heavy atom. The quantitative estimate of drug-likeness (QED) is 0.904. The fraction of sp³-hybridized carbons (Fsp3) is 0.647. The van der Waals surface area contributed by atoms with Crippen LogP contribution in [-0.4, -0.2) is 45.3 Å². The first-order valence-corrected chi connectivity index (χ1v) is 8.71. The van der Waals surface area contributed by atoms with Gasteiger partial charge in [0.25, 0.3) is 0 Å². The molecule has 1 fully saturated rings. The Kier molecular flexibility index (Phi) is 4.97. The molecule has 0 aliphatic carbocycles. The van der Waals surface area contributed by atoms with Crippen molar-refractivity contribution in [3.8, 4) is 0 Å². The zero-order valence-corrected chi connectivity index (χ0v) is 14.7. The van der Waals surface area contributed by atoms with Crippen LogP contribution in [0.25, 0.3) is 11.0 Å². The van der Waals surface area contributed by atoms with Crippen molar-refractivity contribution in [2.45, 2.75) is 33.1 Å². The Labute approximate surface area is 142 Å². The van der Waals surface area contributed by atoms with Crippen LogP contribution in [0.4, 0.5) is 5.82 Å². The molecular formula is C17H26N6O. The molecule has 3 heterocycles. The standard InChI is InChI=1S/C17H26N6O/c1-12(2)4-7-18-17(24)13-5-8-23(9-6-13)16-14-10-21-22(3)15(14)19-11-20-16/h10-13H,4-9H2,1-3H3,(H,18,24). The van der Waals surface area contributed by atoms with Gasteiger partial charge in [-0.25, -0.2) is 9.97 Å². The van der Waals surface area contributed by atoms with Crippen molar-refractivity contribution in [1.82, 2.24) is 25.1 Å². The summed E-state index contributed by atoms with van der Waals surface area (Å²) >= 11 is 0. The molecule has 1 aliphatic heterocycles. The van der Waals surface area contributed by atoms with Gasteiger partial charge in [-0.1, -0.05) is 13.8 Å². The molecule has 1 N–H and O–H groups in total. The zero-order chi connectivity index (χ0) is 17.1. The number of nitrogens with zero attached hydrogens (tertiary/aromatic N) is 5. The van der Waals surface area contributed by atoms with Crippen LogP contribution in [0.1, 0.15) is 33.1 Å². The Morgan fingerprint density at radius 3 is 2.79 bits per heavy atom. The molecule has 0 radical (unpaired) electrons. The fourth-order valence-corrected chi connectivity index (χ4v) is 3.18. The van der Waals surface area contributed by atoms with Crippen LogP contribution in [-0.2, 0) is 11.8 Å². The number of nitrogens with one attached hydrogen (secondary N) is 1. The van der Waals surface area contributed by atoms with Crippen molar-refractivity contribution in [1.29, 1.82) is 0 Å². The fourth-order valence-electron chi connectivity index (χ4n) is 3.18. The van der Waals surface area contributed by atoms with Crippen molar-refractivity contribution in [3.05, 3.63) is 12.5 Å². The third kappa shape index (κ3) is 3.49. The van der Waals surface area contributed by atoms with Gasteiger partial charge < -0.3 is 10.2 Å². The summed E-state index contributed by atoms with van der Waals surface area (Å²) in [6, 6.07) is 0. The van der Waals surface area contributed by atoms with Crippen molar-refractivity contribution in [3.63, 3.8) is 0 Å². The zero-order valence-electron chi connectivity index (χ0n) is 14.7. The molecule has 1 amide bonds. The molecule has 1 aliphatic rings. The van der Waals surface area contributed by atoms with E-state index >= 15 is 0 Å². The van der Waals surface area contributed by atoms with Gasteiger partial charge in [0, 0.05) is 32.6 Å². The molecular weight excluding hydrogens is 304 g/mol. The maximum Gasteiger partial charge on any atom is 0.223 e. The number of hydrogen-bond donors (Lipinski definition) is 1. The molecule has 2 aromatic rings. The van der Waals surface area contributed by atoms with E-state index in [-0.39, 0.29) is 11.8 Å². The second-order valence-corrected chi connectivity index (χ2v) is 6.94. The number of piperidine rings is 1. The number of aromatic nitrogens is 4. The lowest BCUT2D eigenvalue weighted by atomic mass is 9.95. The molecule has 0 unspecified atom stereocenters. The van der Waals surface area contributed by atoms with Gasteiger partial charge in [0.1, 0.15) is 12.1 Å². The summed E-state index contributed by atoms with van der Waals surface area (Å²) in [6.45, 7) is 6.79. The van der Waals surface area contributed by atoms with Crippen LogP contribution in [0.2, 0.25) is 0 Å². The molecule has 0 aromatic carbocycles. The van der Waals surface area contributed by atoms with Crippen molar-refractivity contribution in [2.75, 3.05) is 24.5 Å². The van der Waals surface area contributed by atoms with Gasteiger partial charge in [-0.15, -0.1) is 0 Å². The lowest BCUT2D eigenvalue weighted by Gasteiger charge is -2.32. The van der Waals surface area contributed by atoms with Crippen LogP contribution >= 0.6 is 0 Å². The summed E-state index contributed by atoms with van der Waals surface area (Å²) in [5.41, 5.74) is 0.841. The first-order valence-electron chi connectivity index (χ1n) is 8.71. The van der Waals surface area contributed by atoms with Crippen LogP contribution in [0.3, 0.4) is 0 Å². The predicted molar refractivity (Wildman–Crippen MR) is 93.7 cm³/mol. The summed E-state index contributed by atoms with van der Waals surface area (Å²) in [4.78, 5) is 23.2. The number of carbonyl (C=O) groups is 1. The monoisotopic (exact) mass is 330 g/mol. The Balaban J connectivity index is 1.59. The van der Waals surface area contributed by atoms with E-state index in [1.165, 1.54) is 0 Å². The summed E-state index contributed by atoms with van der Waals surface area (Å²) in [5.74, 6) is 1.85. The maximum atomic E-state index is 12.3. The first-order chi connectivity index (χ1) is 11.6. The van der Waals surface area contributed by atoms with E-state index in [0.29, 0.717) is 5.92 Å². The Morgan fingerprint density at radius 1 is 1.33 bits per heavy atom. The summed E-state index contributed by atoms with van der Waals surface area (Å²) in [7, 11) is 1.88. The number of amides is 1. The second kappa shape index (κ2) is 7.15. The van der Waals surface area contributed by atoms with Crippen molar-refractivity contribution < 1.29 is 4.79 Å². The third-order valence-corrected chi connectivity index (χ3v) is 4.69. The van der Waals surface area contributed by atoms with E-state index in [4.69, 9.17) is 0 Å². The molecule has 7 nitrogen and oxygen atoms in total. The van der Waals surface area contributed by atoms with Crippen LogP contribution in [0.5, 0.6) is 0 Å². The molecule has 0 spiro atoms. The van der Waals surface area contributed by atoms with E-state index in [2.05, 4.69) is 39.1 Å².